The van der Waals surface area contributed by atoms with Crippen molar-refractivity contribution in [3.05, 3.63) is 71.2 Å². The Balaban J connectivity index is 1.35. The van der Waals surface area contributed by atoms with E-state index < -0.39 is 5.92 Å². The molecule has 2 heterocycles. The minimum absolute atomic E-state index is 0.0361. The number of carbonyl (C=O) groups is 2. The molecular weight excluding hydrogens is 384 g/mol. The average molecular weight is 407 g/mol. The molecule has 29 heavy (non-hydrogen) atoms. The summed E-state index contributed by atoms with van der Waals surface area (Å²) in [6, 6.07) is 19.7. The van der Waals surface area contributed by atoms with Crippen molar-refractivity contribution < 1.29 is 9.59 Å². The van der Waals surface area contributed by atoms with Crippen LogP contribution in [0.5, 0.6) is 0 Å². The number of hydrogen-bond donors (Lipinski definition) is 1. The van der Waals surface area contributed by atoms with E-state index in [0.29, 0.717) is 17.6 Å². The van der Waals surface area contributed by atoms with Crippen molar-refractivity contribution in [2.45, 2.75) is 25.7 Å². The Morgan fingerprint density at radius 1 is 1.14 bits per heavy atom. The van der Waals surface area contributed by atoms with Gasteiger partial charge in [0.2, 0.25) is 16.9 Å². The number of rotatable bonds is 6. The number of benzene rings is 2. The number of nitrogens with one attached hydrogen (secondary N) is 1. The van der Waals surface area contributed by atoms with Crippen molar-refractivity contribution >= 4 is 34.0 Å². The number of nitrogens with zero attached hydrogens (tertiary/aromatic N) is 3. The topological polar surface area (TPSA) is 75.2 Å². The van der Waals surface area contributed by atoms with Gasteiger partial charge in [-0.05, 0) is 23.6 Å². The zero-order valence-electron chi connectivity index (χ0n) is 16.1. The maximum absolute atomic E-state index is 12.6. The summed E-state index contributed by atoms with van der Waals surface area (Å²) in [7, 11) is 0. The fourth-order valence-electron chi connectivity index (χ4n) is 3.50. The molecule has 1 fully saturated rings. The van der Waals surface area contributed by atoms with Crippen LogP contribution in [0.25, 0.3) is 0 Å². The summed E-state index contributed by atoms with van der Waals surface area (Å²) in [6.07, 6.45) is 0.971. The monoisotopic (exact) mass is 406 g/mol. The normalized spacial score (nSPS) is 17.3. The molecule has 0 radical (unpaired) electrons. The lowest BCUT2D eigenvalue weighted by molar-refractivity contribution is -0.122. The fourth-order valence-corrected chi connectivity index (χ4v) is 4.37. The van der Waals surface area contributed by atoms with Gasteiger partial charge in [-0.1, -0.05) is 66.8 Å². The predicted molar refractivity (Wildman–Crippen MR) is 114 cm³/mol. The Hall–Kier alpha value is -3.06. The van der Waals surface area contributed by atoms with Crippen molar-refractivity contribution in [2.75, 3.05) is 16.8 Å². The van der Waals surface area contributed by atoms with E-state index in [1.54, 1.807) is 4.90 Å². The summed E-state index contributed by atoms with van der Waals surface area (Å²) in [6.45, 7) is 2.53. The second-order valence-electron chi connectivity index (χ2n) is 7.25. The standard InChI is InChI=1S/C22H22N4O2S/c1-15(16-8-4-2-5-9-16)12-19-24-25-22(29-19)23-21(28)17-13-20(27)26(14-17)18-10-6-3-7-11-18/h2-11,15,17H,12-14H2,1H3,(H,23,25,28). The van der Waals surface area contributed by atoms with Crippen molar-refractivity contribution in [1.82, 2.24) is 10.2 Å². The molecule has 148 valence electrons. The van der Waals surface area contributed by atoms with Gasteiger partial charge in [-0.25, -0.2) is 0 Å². The SMILES string of the molecule is CC(Cc1nnc(NC(=O)C2CC(=O)N(c3ccccc3)C2)s1)c1ccccc1. The van der Waals surface area contributed by atoms with E-state index in [-0.39, 0.29) is 18.2 Å². The third-order valence-corrected chi connectivity index (χ3v) is 5.97. The number of anilines is 2. The fraction of sp³-hybridized carbons (Fsp3) is 0.273. The van der Waals surface area contributed by atoms with Crippen molar-refractivity contribution in [3.63, 3.8) is 0 Å². The summed E-state index contributed by atoms with van der Waals surface area (Å²) >= 11 is 1.39. The number of aromatic nitrogens is 2. The molecule has 0 aliphatic carbocycles. The van der Waals surface area contributed by atoms with Gasteiger partial charge in [0, 0.05) is 25.1 Å². The summed E-state index contributed by atoms with van der Waals surface area (Å²) < 4.78 is 0. The van der Waals surface area contributed by atoms with Crippen LogP contribution in [-0.4, -0.2) is 28.6 Å². The molecule has 0 bridgehead atoms. The third-order valence-electron chi connectivity index (χ3n) is 5.11. The largest absolute Gasteiger partial charge is 0.312 e. The van der Waals surface area contributed by atoms with Crippen molar-refractivity contribution in [1.29, 1.82) is 0 Å². The van der Waals surface area contributed by atoms with Gasteiger partial charge in [-0.3, -0.25) is 9.59 Å². The first-order chi connectivity index (χ1) is 14.1. The third kappa shape index (κ3) is 4.51. The highest BCUT2D eigenvalue weighted by atomic mass is 32.1. The molecule has 3 aromatic rings. The maximum atomic E-state index is 12.6. The van der Waals surface area contributed by atoms with E-state index in [9.17, 15) is 9.59 Å². The van der Waals surface area contributed by atoms with E-state index >= 15 is 0 Å². The molecule has 1 aromatic heterocycles. The van der Waals surface area contributed by atoms with Crippen LogP contribution >= 0.6 is 11.3 Å². The molecule has 1 aliphatic heterocycles. The van der Waals surface area contributed by atoms with Gasteiger partial charge in [0.25, 0.3) is 0 Å². The molecule has 7 heteroatoms. The lowest BCUT2D eigenvalue weighted by Crippen LogP contribution is -2.28. The molecule has 2 amide bonds. The highest BCUT2D eigenvalue weighted by molar-refractivity contribution is 7.15. The Kier molecular flexibility index (Phi) is 5.67. The Morgan fingerprint density at radius 2 is 1.83 bits per heavy atom. The van der Waals surface area contributed by atoms with Crippen LogP contribution in [0.3, 0.4) is 0 Å². The molecule has 6 nitrogen and oxygen atoms in total. The van der Waals surface area contributed by atoms with Gasteiger partial charge in [0.15, 0.2) is 0 Å². The zero-order chi connectivity index (χ0) is 20.2. The second kappa shape index (κ2) is 8.53. The van der Waals surface area contributed by atoms with Crippen LogP contribution in [0, 0.1) is 5.92 Å². The first-order valence-electron chi connectivity index (χ1n) is 9.64. The van der Waals surface area contributed by atoms with E-state index in [2.05, 4.69) is 34.6 Å². The lowest BCUT2D eigenvalue weighted by Gasteiger charge is -2.16. The molecule has 2 atom stereocenters. The average Bonchev–Trinajstić information content (AvgIpc) is 3.35. The Bertz CT molecular complexity index is 990. The van der Waals surface area contributed by atoms with Crippen LogP contribution in [-0.2, 0) is 16.0 Å². The molecule has 0 saturated carbocycles. The van der Waals surface area contributed by atoms with Crippen LogP contribution in [0.4, 0.5) is 10.8 Å². The summed E-state index contributed by atoms with van der Waals surface area (Å²) in [5, 5.41) is 12.5. The highest BCUT2D eigenvalue weighted by Gasteiger charge is 2.35. The maximum Gasteiger partial charge on any atom is 0.231 e. The van der Waals surface area contributed by atoms with Crippen molar-refractivity contribution in [2.24, 2.45) is 5.92 Å². The summed E-state index contributed by atoms with van der Waals surface area (Å²) in [5.41, 5.74) is 2.07. The minimum atomic E-state index is -0.390. The smallest absolute Gasteiger partial charge is 0.231 e. The number of hydrogen-bond acceptors (Lipinski definition) is 5. The Morgan fingerprint density at radius 3 is 2.55 bits per heavy atom. The van der Waals surface area contributed by atoms with Crippen LogP contribution < -0.4 is 10.2 Å². The van der Waals surface area contributed by atoms with E-state index in [4.69, 9.17) is 0 Å². The van der Waals surface area contributed by atoms with E-state index in [1.807, 2.05) is 48.5 Å². The summed E-state index contributed by atoms with van der Waals surface area (Å²) in [4.78, 5) is 26.6. The molecule has 0 spiro atoms. The van der Waals surface area contributed by atoms with Gasteiger partial charge >= 0.3 is 0 Å². The molecule has 1 N–H and O–H groups in total. The summed E-state index contributed by atoms with van der Waals surface area (Å²) in [5.74, 6) is -0.292. The number of para-hydroxylation sites is 1. The minimum Gasteiger partial charge on any atom is -0.312 e. The molecule has 2 unspecified atom stereocenters. The lowest BCUT2D eigenvalue weighted by atomic mass is 9.98. The van der Waals surface area contributed by atoms with Crippen LogP contribution in [0.15, 0.2) is 60.7 Å². The van der Waals surface area contributed by atoms with Crippen molar-refractivity contribution in [3.8, 4) is 0 Å². The van der Waals surface area contributed by atoms with Gasteiger partial charge < -0.3 is 10.2 Å². The number of amides is 2. The van der Waals surface area contributed by atoms with Gasteiger partial charge in [-0.2, -0.15) is 0 Å². The molecule has 4 rings (SSSR count). The van der Waals surface area contributed by atoms with Crippen LogP contribution in [0.2, 0.25) is 0 Å². The predicted octanol–water partition coefficient (Wildman–Crippen LogP) is 3.88. The second-order valence-corrected chi connectivity index (χ2v) is 8.31. The molecule has 1 saturated heterocycles. The van der Waals surface area contributed by atoms with E-state index in [0.717, 1.165) is 17.1 Å². The molecule has 1 aliphatic rings. The molecule has 2 aromatic carbocycles. The first kappa shape index (κ1) is 19.3. The quantitative estimate of drug-likeness (QED) is 0.674. The van der Waals surface area contributed by atoms with Gasteiger partial charge in [0.1, 0.15) is 5.01 Å². The number of carbonyl (C=O) groups excluding carboxylic acids is 2. The highest BCUT2D eigenvalue weighted by Crippen LogP contribution is 2.27. The van der Waals surface area contributed by atoms with Gasteiger partial charge in [-0.15, -0.1) is 10.2 Å². The zero-order valence-corrected chi connectivity index (χ0v) is 16.9. The first-order valence-corrected chi connectivity index (χ1v) is 10.5. The Labute approximate surface area is 173 Å². The van der Waals surface area contributed by atoms with Gasteiger partial charge in [0.05, 0.1) is 5.92 Å². The molecular formula is C22H22N4O2S. The van der Waals surface area contributed by atoms with Crippen LogP contribution in [0.1, 0.15) is 29.8 Å². The van der Waals surface area contributed by atoms with E-state index in [1.165, 1.54) is 16.9 Å².